The lowest BCUT2D eigenvalue weighted by Gasteiger charge is -2.19. The van der Waals surface area contributed by atoms with Gasteiger partial charge in [-0.05, 0) is 38.5 Å². The minimum Gasteiger partial charge on any atom is -0.444 e. The fourth-order valence-corrected chi connectivity index (χ4v) is 1.43. The van der Waals surface area contributed by atoms with Crippen LogP contribution in [0.2, 0.25) is 0 Å². The van der Waals surface area contributed by atoms with Crippen LogP contribution in [0, 0.1) is 0 Å². The number of hydrogen-bond acceptors (Lipinski definition) is 3. The molecular formula is C15H23N3O3. The lowest BCUT2D eigenvalue weighted by Crippen LogP contribution is -2.32. The van der Waals surface area contributed by atoms with Gasteiger partial charge in [-0.2, -0.15) is 0 Å². The molecule has 0 saturated heterocycles. The van der Waals surface area contributed by atoms with Crippen molar-refractivity contribution in [2.24, 2.45) is 0 Å². The first-order valence-corrected chi connectivity index (χ1v) is 6.71. The number of hydrogen-bond donors (Lipinski definition) is 2. The predicted octanol–water partition coefficient (Wildman–Crippen LogP) is 2.80. The fraction of sp³-hybridized carbons (Fsp3) is 0.467. The van der Waals surface area contributed by atoms with Crippen LogP contribution in [-0.4, -0.2) is 36.7 Å². The Bertz CT molecular complexity index is 490. The number of anilines is 1. The van der Waals surface area contributed by atoms with Crippen LogP contribution in [0.1, 0.15) is 26.3 Å². The van der Waals surface area contributed by atoms with Gasteiger partial charge in [0.05, 0.1) is 0 Å². The number of benzene rings is 1. The van der Waals surface area contributed by atoms with Crippen LogP contribution in [0.5, 0.6) is 0 Å². The number of rotatable bonds is 3. The summed E-state index contributed by atoms with van der Waals surface area (Å²) in [4.78, 5) is 24.5. The molecular weight excluding hydrogens is 270 g/mol. The Morgan fingerprint density at radius 1 is 1.14 bits per heavy atom. The molecule has 0 heterocycles. The van der Waals surface area contributed by atoms with Crippen LogP contribution in [-0.2, 0) is 11.3 Å². The van der Waals surface area contributed by atoms with E-state index in [9.17, 15) is 9.59 Å². The predicted molar refractivity (Wildman–Crippen MR) is 82.2 cm³/mol. The summed E-state index contributed by atoms with van der Waals surface area (Å²) in [7, 11) is 3.35. The molecule has 3 amide bonds. The molecule has 0 bridgehead atoms. The maximum absolute atomic E-state index is 11.5. The Morgan fingerprint density at radius 3 is 2.19 bits per heavy atom. The highest BCUT2D eigenvalue weighted by molar-refractivity contribution is 5.88. The highest BCUT2D eigenvalue weighted by Gasteiger charge is 2.15. The SMILES string of the molecule is CN(C)C(=O)Nc1ccc(CNC(=O)OC(C)(C)C)cc1. The summed E-state index contributed by atoms with van der Waals surface area (Å²) in [6.07, 6.45) is -0.451. The molecule has 0 aliphatic rings. The standard InChI is InChI=1S/C15H23N3O3/c1-15(2,3)21-14(20)16-10-11-6-8-12(9-7-11)17-13(19)18(4)5/h6-9H,10H2,1-5H3,(H,16,20)(H,17,19). The van der Waals surface area contributed by atoms with Crippen LogP contribution in [0.4, 0.5) is 15.3 Å². The first kappa shape index (κ1) is 16.8. The zero-order valence-electron chi connectivity index (χ0n) is 13.2. The highest BCUT2D eigenvalue weighted by Crippen LogP contribution is 2.11. The van der Waals surface area contributed by atoms with Gasteiger partial charge in [-0.1, -0.05) is 12.1 Å². The summed E-state index contributed by atoms with van der Waals surface area (Å²) in [6.45, 7) is 5.81. The van der Waals surface area contributed by atoms with Gasteiger partial charge < -0.3 is 20.3 Å². The maximum atomic E-state index is 11.5. The Kier molecular flexibility index (Phi) is 5.58. The van der Waals surface area contributed by atoms with Crippen LogP contribution >= 0.6 is 0 Å². The Hall–Kier alpha value is -2.24. The van der Waals surface area contributed by atoms with Crippen molar-refractivity contribution in [2.75, 3.05) is 19.4 Å². The number of nitrogens with one attached hydrogen (secondary N) is 2. The zero-order chi connectivity index (χ0) is 16.0. The average molecular weight is 293 g/mol. The molecule has 6 heteroatoms. The molecule has 0 saturated carbocycles. The van der Waals surface area contributed by atoms with Gasteiger partial charge in [-0.3, -0.25) is 0 Å². The smallest absolute Gasteiger partial charge is 0.407 e. The van der Waals surface area contributed by atoms with Crippen molar-refractivity contribution in [3.63, 3.8) is 0 Å². The Balaban J connectivity index is 2.48. The van der Waals surface area contributed by atoms with Gasteiger partial charge in [0.1, 0.15) is 5.60 Å². The van der Waals surface area contributed by atoms with E-state index in [1.54, 1.807) is 26.2 Å². The quantitative estimate of drug-likeness (QED) is 0.900. The normalized spacial score (nSPS) is 10.7. The summed E-state index contributed by atoms with van der Waals surface area (Å²) in [6, 6.07) is 7.06. The van der Waals surface area contributed by atoms with E-state index in [1.807, 2.05) is 32.9 Å². The van der Waals surface area contributed by atoms with Gasteiger partial charge in [0, 0.05) is 26.3 Å². The molecule has 0 unspecified atom stereocenters. The molecule has 0 aromatic heterocycles. The molecule has 0 fully saturated rings. The number of nitrogens with zero attached hydrogens (tertiary/aromatic N) is 1. The lowest BCUT2D eigenvalue weighted by molar-refractivity contribution is 0.0523. The second kappa shape index (κ2) is 6.97. The van der Waals surface area contributed by atoms with Crippen LogP contribution in [0.15, 0.2) is 24.3 Å². The van der Waals surface area contributed by atoms with Crippen molar-refractivity contribution in [3.05, 3.63) is 29.8 Å². The minimum atomic E-state index is -0.510. The van der Waals surface area contributed by atoms with E-state index in [1.165, 1.54) is 4.90 Å². The van der Waals surface area contributed by atoms with Crippen LogP contribution in [0.25, 0.3) is 0 Å². The molecule has 21 heavy (non-hydrogen) atoms. The number of amides is 3. The monoisotopic (exact) mass is 293 g/mol. The third-order valence-corrected chi connectivity index (χ3v) is 2.45. The summed E-state index contributed by atoms with van der Waals surface area (Å²) in [5.41, 5.74) is 1.11. The summed E-state index contributed by atoms with van der Waals surface area (Å²) >= 11 is 0. The second-order valence-corrected chi connectivity index (χ2v) is 5.88. The van der Waals surface area contributed by atoms with Gasteiger partial charge in [-0.25, -0.2) is 9.59 Å². The van der Waals surface area contributed by atoms with E-state index in [4.69, 9.17) is 4.74 Å². The lowest BCUT2D eigenvalue weighted by atomic mass is 10.2. The summed E-state index contributed by atoms with van der Waals surface area (Å²) < 4.78 is 5.15. The first-order valence-electron chi connectivity index (χ1n) is 6.71. The molecule has 1 aromatic carbocycles. The molecule has 6 nitrogen and oxygen atoms in total. The maximum Gasteiger partial charge on any atom is 0.407 e. The van der Waals surface area contributed by atoms with Crippen molar-refractivity contribution < 1.29 is 14.3 Å². The first-order chi connectivity index (χ1) is 9.67. The van der Waals surface area contributed by atoms with E-state index >= 15 is 0 Å². The zero-order valence-corrected chi connectivity index (χ0v) is 13.2. The van der Waals surface area contributed by atoms with Gasteiger partial charge in [0.25, 0.3) is 0 Å². The molecule has 0 atom stereocenters. The molecule has 1 rings (SSSR count). The topological polar surface area (TPSA) is 70.7 Å². The number of urea groups is 1. The molecule has 2 N–H and O–H groups in total. The molecule has 1 aromatic rings. The molecule has 0 radical (unpaired) electrons. The van der Waals surface area contributed by atoms with Gasteiger partial charge in [0.15, 0.2) is 0 Å². The van der Waals surface area contributed by atoms with Crippen molar-refractivity contribution in [3.8, 4) is 0 Å². The van der Waals surface area contributed by atoms with Crippen molar-refractivity contribution in [1.29, 1.82) is 0 Å². The average Bonchev–Trinajstić information content (AvgIpc) is 2.35. The summed E-state index contributed by atoms with van der Waals surface area (Å²) in [5, 5.41) is 5.42. The molecule has 0 spiro atoms. The van der Waals surface area contributed by atoms with Crippen molar-refractivity contribution in [2.45, 2.75) is 32.9 Å². The van der Waals surface area contributed by atoms with Crippen LogP contribution < -0.4 is 10.6 Å². The molecule has 0 aliphatic heterocycles. The number of ether oxygens (including phenoxy) is 1. The largest absolute Gasteiger partial charge is 0.444 e. The number of carbonyl (C=O) groups is 2. The highest BCUT2D eigenvalue weighted by atomic mass is 16.6. The van der Waals surface area contributed by atoms with Crippen LogP contribution in [0.3, 0.4) is 0 Å². The second-order valence-electron chi connectivity index (χ2n) is 5.88. The van der Waals surface area contributed by atoms with Gasteiger partial charge >= 0.3 is 12.1 Å². The van der Waals surface area contributed by atoms with Crippen molar-refractivity contribution in [1.82, 2.24) is 10.2 Å². The van der Waals surface area contributed by atoms with E-state index in [2.05, 4.69) is 10.6 Å². The third-order valence-electron chi connectivity index (χ3n) is 2.45. The number of carbonyl (C=O) groups excluding carboxylic acids is 2. The van der Waals surface area contributed by atoms with E-state index in [0.29, 0.717) is 12.2 Å². The summed E-state index contributed by atoms with van der Waals surface area (Å²) in [5.74, 6) is 0. The molecule has 0 aliphatic carbocycles. The Labute approximate surface area is 125 Å². The fourth-order valence-electron chi connectivity index (χ4n) is 1.43. The minimum absolute atomic E-state index is 0.186. The third kappa shape index (κ3) is 6.65. The van der Waals surface area contributed by atoms with E-state index in [0.717, 1.165) is 5.56 Å². The molecule has 116 valence electrons. The van der Waals surface area contributed by atoms with Gasteiger partial charge in [-0.15, -0.1) is 0 Å². The number of alkyl carbamates (subject to hydrolysis) is 1. The van der Waals surface area contributed by atoms with E-state index < -0.39 is 11.7 Å². The van der Waals surface area contributed by atoms with E-state index in [-0.39, 0.29) is 6.03 Å². The van der Waals surface area contributed by atoms with Crippen molar-refractivity contribution >= 4 is 17.8 Å². The van der Waals surface area contributed by atoms with Gasteiger partial charge in [0.2, 0.25) is 0 Å². The Morgan fingerprint density at radius 2 is 1.71 bits per heavy atom.